The fraction of sp³-hybridized carbons (Fsp3) is 0.0870. The van der Waals surface area contributed by atoms with E-state index in [0.29, 0.717) is 28.0 Å². The third-order valence-electron chi connectivity index (χ3n) is 4.99. The molecule has 0 spiro atoms. The van der Waals surface area contributed by atoms with E-state index in [4.69, 9.17) is 0 Å². The molecular formula is C23H19FN2O3S. The molecule has 0 aliphatic carbocycles. The van der Waals surface area contributed by atoms with E-state index in [1.54, 1.807) is 54.6 Å². The van der Waals surface area contributed by atoms with Crippen LogP contribution in [0.1, 0.15) is 16.7 Å². The summed E-state index contributed by atoms with van der Waals surface area (Å²) in [7, 11) is -2.65. The Labute approximate surface area is 174 Å². The maximum Gasteiger partial charge on any atom is 0.270 e. The van der Waals surface area contributed by atoms with Gasteiger partial charge in [0.1, 0.15) is 5.82 Å². The molecule has 7 heteroatoms. The number of carbonyl (C=O) groups excluding carboxylic acids is 1. The Balaban J connectivity index is 1.84. The number of anilines is 1. The zero-order chi connectivity index (χ0) is 21.3. The molecule has 1 aliphatic rings. The van der Waals surface area contributed by atoms with Crippen LogP contribution in [-0.4, -0.2) is 21.4 Å². The summed E-state index contributed by atoms with van der Waals surface area (Å²) in [4.78, 5) is 12.8. The molecule has 0 atom stereocenters. The van der Waals surface area contributed by atoms with Crippen molar-refractivity contribution in [2.24, 2.45) is 0 Å². The molecule has 5 nitrogen and oxygen atoms in total. The lowest BCUT2D eigenvalue weighted by Gasteiger charge is -2.30. The van der Waals surface area contributed by atoms with Gasteiger partial charge >= 0.3 is 0 Å². The monoisotopic (exact) mass is 422 g/mol. The molecule has 1 aliphatic heterocycles. The Bertz CT molecular complexity index is 1240. The Morgan fingerprint density at radius 3 is 2.27 bits per heavy atom. The van der Waals surface area contributed by atoms with Crippen LogP contribution in [0.4, 0.5) is 10.1 Å². The van der Waals surface area contributed by atoms with Gasteiger partial charge in [0.2, 0.25) is 0 Å². The number of rotatable bonds is 4. The Morgan fingerprint density at radius 1 is 0.933 bits per heavy atom. The van der Waals surface area contributed by atoms with E-state index in [1.807, 2.05) is 12.1 Å². The van der Waals surface area contributed by atoms with Crippen molar-refractivity contribution < 1.29 is 17.6 Å². The third kappa shape index (κ3) is 3.48. The molecule has 0 bridgehead atoms. The van der Waals surface area contributed by atoms with Gasteiger partial charge in [0, 0.05) is 24.7 Å². The number of hydrogen-bond acceptors (Lipinski definition) is 3. The molecule has 152 valence electrons. The van der Waals surface area contributed by atoms with Crippen LogP contribution in [-0.2, 0) is 21.4 Å². The summed E-state index contributed by atoms with van der Waals surface area (Å²) in [5, 5.41) is 2.67. The number of nitrogens with zero attached hydrogens (tertiary/aromatic N) is 1. The fourth-order valence-corrected chi connectivity index (χ4v) is 4.95. The number of fused-ring (bicyclic) bond motifs is 1. The van der Waals surface area contributed by atoms with Crippen LogP contribution in [0.25, 0.3) is 5.57 Å². The zero-order valence-corrected chi connectivity index (χ0v) is 17.0. The lowest BCUT2D eigenvalue weighted by molar-refractivity contribution is -0.116. The van der Waals surface area contributed by atoms with Gasteiger partial charge in [-0.15, -0.1) is 0 Å². The standard InChI is InChI=1S/C23H19FN2O3S/c1-26-20-10-6-5-9-19(20)21(17-7-3-2-4-8-17)22(30(26,28)29)23(27)25-15-16-11-13-18(24)14-12-16/h2-14H,15H2,1H3,(H,25,27). The van der Waals surface area contributed by atoms with Gasteiger partial charge in [-0.25, -0.2) is 12.8 Å². The Morgan fingerprint density at radius 2 is 1.57 bits per heavy atom. The summed E-state index contributed by atoms with van der Waals surface area (Å²) < 4.78 is 40.9. The average molecular weight is 422 g/mol. The number of sulfonamides is 1. The van der Waals surface area contributed by atoms with E-state index in [0.717, 1.165) is 4.31 Å². The van der Waals surface area contributed by atoms with E-state index >= 15 is 0 Å². The first-order chi connectivity index (χ1) is 14.4. The van der Waals surface area contributed by atoms with E-state index in [9.17, 15) is 17.6 Å². The first-order valence-electron chi connectivity index (χ1n) is 9.30. The smallest absolute Gasteiger partial charge is 0.270 e. The molecule has 3 aromatic carbocycles. The molecule has 0 aromatic heterocycles. The number of benzene rings is 3. The molecule has 0 radical (unpaired) electrons. The summed E-state index contributed by atoms with van der Waals surface area (Å²) in [6.45, 7) is 0.0750. The highest BCUT2D eigenvalue weighted by atomic mass is 32.2. The van der Waals surface area contributed by atoms with Crippen molar-refractivity contribution in [2.75, 3.05) is 11.4 Å². The highest BCUT2D eigenvalue weighted by molar-refractivity contribution is 7.97. The van der Waals surface area contributed by atoms with Crippen LogP contribution in [0.5, 0.6) is 0 Å². The lowest BCUT2D eigenvalue weighted by atomic mass is 9.95. The molecule has 0 fully saturated rings. The van der Waals surface area contributed by atoms with Crippen molar-refractivity contribution in [1.29, 1.82) is 0 Å². The van der Waals surface area contributed by atoms with Gasteiger partial charge in [-0.2, -0.15) is 0 Å². The lowest BCUT2D eigenvalue weighted by Crippen LogP contribution is -2.39. The third-order valence-corrected chi connectivity index (χ3v) is 6.82. The summed E-state index contributed by atoms with van der Waals surface area (Å²) in [5.74, 6) is -1.09. The van der Waals surface area contributed by atoms with Crippen LogP contribution in [0, 0.1) is 5.82 Å². The number of hydrogen-bond donors (Lipinski definition) is 1. The van der Waals surface area contributed by atoms with Crippen LogP contribution < -0.4 is 9.62 Å². The van der Waals surface area contributed by atoms with Crippen molar-refractivity contribution in [3.05, 3.63) is 106 Å². The van der Waals surface area contributed by atoms with Crippen LogP contribution in [0.3, 0.4) is 0 Å². The van der Waals surface area contributed by atoms with Crippen LogP contribution in [0.2, 0.25) is 0 Å². The van der Waals surface area contributed by atoms with Crippen molar-refractivity contribution in [3.63, 3.8) is 0 Å². The molecule has 1 amide bonds. The molecular weight excluding hydrogens is 403 g/mol. The molecule has 0 saturated heterocycles. The van der Waals surface area contributed by atoms with E-state index in [2.05, 4.69) is 5.32 Å². The summed E-state index contributed by atoms with van der Waals surface area (Å²) >= 11 is 0. The van der Waals surface area contributed by atoms with Gasteiger partial charge in [-0.3, -0.25) is 9.10 Å². The topological polar surface area (TPSA) is 66.5 Å². The maximum atomic E-state index is 13.3. The number of halogens is 1. The van der Waals surface area contributed by atoms with Crippen LogP contribution in [0.15, 0.2) is 83.8 Å². The van der Waals surface area contributed by atoms with Gasteiger partial charge in [-0.1, -0.05) is 60.7 Å². The number of para-hydroxylation sites is 1. The number of amides is 1. The molecule has 30 heavy (non-hydrogen) atoms. The zero-order valence-electron chi connectivity index (χ0n) is 16.2. The second kappa shape index (κ2) is 7.76. The average Bonchev–Trinajstić information content (AvgIpc) is 2.76. The summed E-state index contributed by atoms with van der Waals surface area (Å²) in [5.41, 5.74) is 2.82. The van der Waals surface area contributed by atoms with Gasteiger partial charge in [0.25, 0.3) is 15.9 Å². The highest BCUT2D eigenvalue weighted by Crippen LogP contribution is 2.41. The number of carbonyl (C=O) groups is 1. The van der Waals surface area contributed by atoms with Crippen molar-refractivity contribution in [3.8, 4) is 0 Å². The molecule has 1 heterocycles. The van der Waals surface area contributed by atoms with Crippen LogP contribution >= 0.6 is 0 Å². The number of nitrogens with one attached hydrogen (secondary N) is 1. The minimum Gasteiger partial charge on any atom is -0.347 e. The predicted molar refractivity (Wildman–Crippen MR) is 114 cm³/mol. The van der Waals surface area contributed by atoms with Crippen molar-refractivity contribution >= 4 is 27.2 Å². The highest BCUT2D eigenvalue weighted by Gasteiger charge is 2.39. The van der Waals surface area contributed by atoms with Gasteiger partial charge < -0.3 is 5.32 Å². The van der Waals surface area contributed by atoms with Gasteiger partial charge in [-0.05, 0) is 29.3 Å². The first kappa shape index (κ1) is 19.8. The minimum absolute atomic E-state index is 0.0750. The Kier molecular flexibility index (Phi) is 5.13. The van der Waals surface area contributed by atoms with Crippen molar-refractivity contribution in [2.45, 2.75) is 6.54 Å². The van der Waals surface area contributed by atoms with Crippen molar-refractivity contribution in [1.82, 2.24) is 5.32 Å². The normalized spacial score (nSPS) is 14.9. The summed E-state index contributed by atoms with van der Waals surface area (Å²) in [6.07, 6.45) is 0. The van der Waals surface area contributed by atoms with Gasteiger partial charge in [0.15, 0.2) is 4.91 Å². The van der Waals surface area contributed by atoms with E-state index in [1.165, 1.54) is 19.2 Å². The fourth-order valence-electron chi connectivity index (χ4n) is 3.46. The van der Waals surface area contributed by atoms with E-state index < -0.39 is 15.9 Å². The minimum atomic E-state index is -4.08. The molecule has 1 N–H and O–H groups in total. The molecule has 4 rings (SSSR count). The Hall–Kier alpha value is -3.45. The second-order valence-corrected chi connectivity index (χ2v) is 8.78. The quantitative estimate of drug-likeness (QED) is 0.698. The first-order valence-corrected chi connectivity index (χ1v) is 10.7. The molecule has 0 saturated carbocycles. The van der Waals surface area contributed by atoms with Gasteiger partial charge in [0.05, 0.1) is 5.69 Å². The summed E-state index contributed by atoms with van der Waals surface area (Å²) in [6, 6.07) is 21.7. The largest absolute Gasteiger partial charge is 0.347 e. The van der Waals surface area contributed by atoms with E-state index in [-0.39, 0.29) is 17.3 Å². The second-order valence-electron chi connectivity index (χ2n) is 6.87. The predicted octanol–water partition coefficient (Wildman–Crippen LogP) is 3.68. The molecule has 3 aromatic rings. The maximum absolute atomic E-state index is 13.3. The SMILES string of the molecule is CN1c2ccccc2C(c2ccccc2)=C(C(=O)NCc2ccc(F)cc2)S1(=O)=O. The molecule has 0 unspecified atom stereocenters.